The number of rotatable bonds is 5. The van der Waals surface area contributed by atoms with Crippen molar-refractivity contribution >= 4 is 5.91 Å². The van der Waals surface area contributed by atoms with Crippen molar-refractivity contribution in [1.82, 2.24) is 25.0 Å². The number of carbonyl (C=O) groups is 1. The molecule has 7 heteroatoms. The Morgan fingerprint density at radius 3 is 2.79 bits per heavy atom. The van der Waals surface area contributed by atoms with E-state index in [4.69, 9.17) is 4.42 Å². The SMILES string of the molecule is CC(NC(=O)c1ccco1)c1nnc2n1CCN(Cc1ccc3c(c1)Cc1ccccc1-3)CC2. The number of fused-ring (bicyclic) bond motifs is 4. The molecule has 1 amide bonds. The van der Waals surface area contributed by atoms with Crippen LogP contribution in [-0.4, -0.2) is 38.7 Å². The lowest BCUT2D eigenvalue weighted by molar-refractivity contribution is 0.0909. The van der Waals surface area contributed by atoms with Crippen molar-refractivity contribution in [3.63, 3.8) is 0 Å². The molecular weight excluding hydrogens is 426 g/mol. The lowest BCUT2D eigenvalue weighted by Crippen LogP contribution is -2.30. The highest BCUT2D eigenvalue weighted by Crippen LogP contribution is 2.36. The summed E-state index contributed by atoms with van der Waals surface area (Å²) >= 11 is 0. The summed E-state index contributed by atoms with van der Waals surface area (Å²) in [6.07, 6.45) is 3.35. The number of aromatic nitrogens is 3. The quantitative estimate of drug-likeness (QED) is 0.435. The molecule has 2 aliphatic rings. The van der Waals surface area contributed by atoms with Crippen LogP contribution < -0.4 is 5.32 Å². The molecule has 1 atom stereocenters. The van der Waals surface area contributed by atoms with Crippen molar-refractivity contribution in [1.29, 1.82) is 0 Å². The van der Waals surface area contributed by atoms with Crippen LogP contribution in [0, 0.1) is 0 Å². The van der Waals surface area contributed by atoms with Gasteiger partial charge in [-0.2, -0.15) is 0 Å². The van der Waals surface area contributed by atoms with Crippen LogP contribution in [0.25, 0.3) is 11.1 Å². The Morgan fingerprint density at radius 1 is 1.03 bits per heavy atom. The highest BCUT2D eigenvalue weighted by atomic mass is 16.3. The van der Waals surface area contributed by atoms with Crippen LogP contribution in [0.1, 0.15) is 51.9 Å². The highest BCUT2D eigenvalue weighted by Gasteiger charge is 2.24. The first-order valence-corrected chi connectivity index (χ1v) is 11.8. The van der Waals surface area contributed by atoms with Crippen LogP contribution >= 0.6 is 0 Å². The van der Waals surface area contributed by atoms with Gasteiger partial charge in [-0.1, -0.05) is 42.5 Å². The summed E-state index contributed by atoms with van der Waals surface area (Å²) in [5, 5.41) is 11.8. The first kappa shape index (κ1) is 20.9. The summed E-state index contributed by atoms with van der Waals surface area (Å²) in [6, 6.07) is 18.7. The van der Waals surface area contributed by atoms with Gasteiger partial charge in [0.15, 0.2) is 11.6 Å². The number of carbonyl (C=O) groups excluding carboxylic acids is 1. The fraction of sp³-hybridized carbons (Fsp3) is 0.296. The fourth-order valence-corrected chi connectivity index (χ4v) is 5.16. The number of benzene rings is 2. The van der Waals surface area contributed by atoms with Gasteiger partial charge in [-0.25, -0.2) is 0 Å². The maximum Gasteiger partial charge on any atom is 0.287 e. The Kier molecular flexibility index (Phi) is 5.26. The second kappa shape index (κ2) is 8.57. The van der Waals surface area contributed by atoms with Gasteiger partial charge >= 0.3 is 0 Å². The third kappa shape index (κ3) is 3.82. The molecule has 0 spiro atoms. The van der Waals surface area contributed by atoms with Crippen LogP contribution in [0.4, 0.5) is 0 Å². The molecule has 0 fully saturated rings. The normalized spacial score (nSPS) is 15.8. The molecule has 1 aliphatic heterocycles. The summed E-state index contributed by atoms with van der Waals surface area (Å²) in [7, 11) is 0. The standard InChI is InChI=1S/C27H27N5O2/c1-18(28-27(33)24-7-4-14-34-24)26-30-29-25-10-11-31(12-13-32(25)26)17-19-8-9-23-21(15-19)16-20-5-2-3-6-22(20)23/h2-9,14-15,18H,10-13,16-17H2,1H3,(H,28,33). The summed E-state index contributed by atoms with van der Waals surface area (Å²) in [5.74, 6) is 1.81. The van der Waals surface area contributed by atoms with Gasteiger partial charge in [0.05, 0.1) is 12.3 Å². The minimum atomic E-state index is -0.260. The number of hydrogen-bond acceptors (Lipinski definition) is 5. The molecule has 0 saturated carbocycles. The van der Waals surface area contributed by atoms with Gasteiger partial charge in [0.2, 0.25) is 0 Å². The number of hydrogen-bond donors (Lipinski definition) is 1. The van der Waals surface area contributed by atoms with Gasteiger partial charge in [0.1, 0.15) is 5.82 Å². The first-order valence-electron chi connectivity index (χ1n) is 11.8. The van der Waals surface area contributed by atoms with Gasteiger partial charge in [-0.05, 0) is 53.3 Å². The second-order valence-electron chi connectivity index (χ2n) is 9.15. The van der Waals surface area contributed by atoms with Crippen LogP contribution in [-0.2, 0) is 25.9 Å². The van der Waals surface area contributed by atoms with E-state index >= 15 is 0 Å². The van der Waals surface area contributed by atoms with Crippen molar-refractivity contribution in [3.8, 4) is 11.1 Å². The molecule has 4 aromatic rings. The van der Waals surface area contributed by atoms with Crippen molar-refractivity contribution in [2.45, 2.75) is 38.9 Å². The van der Waals surface area contributed by atoms with E-state index in [9.17, 15) is 4.79 Å². The summed E-state index contributed by atoms with van der Waals surface area (Å²) in [5.41, 5.74) is 6.94. The zero-order chi connectivity index (χ0) is 23.1. The number of nitrogens with zero attached hydrogens (tertiary/aromatic N) is 4. The zero-order valence-corrected chi connectivity index (χ0v) is 19.2. The Labute approximate surface area is 198 Å². The van der Waals surface area contributed by atoms with E-state index in [1.54, 1.807) is 12.1 Å². The van der Waals surface area contributed by atoms with Gasteiger partial charge in [0.25, 0.3) is 5.91 Å². The predicted octanol–water partition coefficient (Wildman–Crippen LogP) is 3.99. The van der Waals surface area contributed by atoms with Crippen molar-refractivity contribution in [2.75, 3.05) is 13.1 Å². The summed E-state index contributed by atoms with van der Waals surface area (Å²) in [4.78, 5) is 14.9. The van der Waals surface area contributed by atoms with Gasteiger partial charge in [-0.3, -0.25) is 9.69 Å². The van der Waals surface area contributed by atoms with Crippen LogP contribution in [0.3, 0.4) is 0 Å². The van der Waals surface area contributed by atoms with E-state index in [0.29, 0.717) is 5.76 Å². The molecule has 1 N–H and O–H groups in total. The molecule has 172 valence electrons. The molecule has 2 aromatic heterocycles. The van der Waals surface area contributed by atoms with E-state index in [-0.39, 0.29) is 11.9 Å². The second-order valence-corrected chi connectivity index (χ2v) is 9.15. The summed E-state index contributed by atoms with van der Waals surface area (Å²) in [6.45, 7) is 5.50. The van der Waals surface area contributed by atoms with Gasteiger partial charge in [-0.15, -0.1) is 10.2 Å². The molecule has 2 aromatic carbocycles. The maximum atomic E-state index is 12.4. The van der Waals surface area contributed by atoms with E-state index in [1.165, 1.54) is 34.1 Å². The molecule has 34 heavy (non-hydrogen) atoms. The van der Waals surface area contributed by atoms with Crippen LogP contribution in [0.2, 0.25) is 0 Å². The van der Waals surface area contributed by atoms with Crippen LogP contribution in [0.15, 0.2) is 65.3 Å². The van der Waals surface area contributed by atoms with E-state index < -0.39 is 0 Å². The molecule has 1 unspecified atom stereocenters. The Bertz CT molecular complexity index is 1340. The van der Waals surface area contributed by atoms with Crippen molar-refractivity contribution in [2.24, 2.45) is 0 Å². The lowest BCUT2D eigenvalue weighted by atomic mass is 10.0. The van der Waals surface area contributed by atoms with Crippen LogP contribution in [0.5, 0.6) is 0 Å². The smallest absolute Gasteiger partial charge is 0.287 e. The summed E-state index contributed by atoms with van der Waals surface area (Å²) < 4.78 is 7.36. The topological polar surface area (TPSA) is 76.2 Å². The monoisotopic (exact) mass is 453 g/mol. The molecule has 7 nitrogen and oxygen atoms in total. The average molecular weight is 454 g/mol. The molecule has 3 heterocycles. The molecule has 0 saturated heterocycles. The number of furan rings is 1. The maximum absolute atomic E-state index is 12.4. The fourth-order valence-electron chi connectivity index (χ4n) is 5.16. The Morgan fingerprint density at radius 2 is 1.91 bits per heavy atom. The van der Waals surface area contributed by atoms with Crippen molar-refractivity contribution < 1.29 is 9.21 Å². The molecule has 0 bridgehead atoms. The lowest BCUT2D eigenvalue weighted by Gasteiger charge is -2.20. The average Bonchev–Trinajstić information content (AvgIpc) is 3.56. The van der Waals surface area contributed by atoms with Crippen molar-refractivity contribution in [3.05, 3.63) is 95.0 Å². The number of nitrogens with one attached hydrogen (secondary N) is 1. The zero-order valence-electron chi connectivity index (χ0n) is 19.2. The van der Waals surface area contributed by atoms with E-state index in [1.807, 2.05) is 6.92 Å². The molecule has 6 rings (SSSR count). The minimum Gasteiger partial charge on any atom is -0.459 e. The molecular formula is C27H27N5O2. The van der Waals surface area contributed by atoms with E-state index in [0.717, 1.165) is 50.7 Å². The third-order valence-electron chi connectivity index (χ3n) is 6.89. The van der Waals surface area contributed by atoms with Gasteiger partial charge in [0, 0.05) is 32.6 Å². The number of amides is 1. The molecule has 1 aliphatic carbocycles. The Hall–Kier alpha value is -3.71. The molecule has 0 radical (unpaired) electrons. The Balaban J connectivity index is 1.12. The first-order chi connectivity index (χ1) is 16.7. The van der Waals surface area contributed by atoms with Gasteiger partial charge < -0.3 is 14.3 Å². The predicted molar refractivity (Wildman–Crippen MR) is 128 cm³/mol. The highest BCUT2D eigenvalue weighted by molar-refractivity contribution is 5.91. The minimum absolute atomic E-state index is 0.246. The largest absolute Gasteiger partial charge is 0.459 e. The third-order valence-corrected chi connectivity index (χ3v) is 6.89. The van der Waals surface area contributed by atoms with E-state index in [2.05, 4.69) is 67.4 Å².